The molecule has 1 aliphatic heterocycles. The summed E-state index contributed by atoms with van der Waals surface area (Å²) in [5.41, 5.74) is 3.83. The van der Waals surface area contributed by atoms with Crippen molar-refractivity contribution in [2.45, 2.75) is 12.8 Å². The molecule has 0 radical (unpaired) electrons. The lowest BCUT2D eigenvalue weighted by Crippen LogP contribution is -2.26. The van der Waals surface area contributed by atoms with Gasteiger partial charge in [-0.3, -0.25) is 4.79 Å². The Hall–Kier alpha value is -3.54. The number of pyridine rings is 1. The monoisotopic (exact) mass is 373 g/mol. The van der Waals surface area contributed by atoms with E-state index in [0.717, 1.165) is 36.4 Å². The van der Waals surface area contributed by atoms with Gasteiger partial charge in [0.15, 0.2) is 17.6 Å². The first kappa shape index (κ1) is 16.6. The summed E-state index contributed by atoms with van der Waals surface area (Å²) in [6.45, 7) is 0.867. The lowest BCUT2D eigenvalue weighted by atomic mass is 10.0. The normalized spacial score (nSPS) is 13.5. The van der Waals surface area contributed by atoms with E-state index in [2.05, 4.69) is 33.1 Å². The van der Waals surface area contributed by atoms with Crippen LogP contribution in [0, 0.1) is 0 Å². The molecule has 0 saturated carbocycles. The van der Waals surface area contributed by atoms with Crippen LogP contribution >= 0.6 is 0 Å². The second-order valence-corrected chi connectivity index (χ2v) is 6.87. The van der Waals surface area contributed by atoms with Crippen LogP contribution in [-0.2, 0) is 6.42 Å². The van der Waals surface area contributed by atoms with Gasteiger partial charge in [0.2, 0.25) is 0 Å². The van der Waals surface area contributed by atoms with Crippen LogP contribution in [0.15, 0.2) is 64.3 Å². The number of nitrogens with one attached hydrogen (secondary N) is 1. The molecule has 0 bridgehead atoms. The lowest BCUT2D eigenvalue weighted by Gasteiger charge is -2.31. The summed E-state index contributed by atoms with van der Waals surface area (Å²) in [7, 11) is 1.60. The van der Waals surface area contributed by atoms with Gasteiger partial charge in [-0.15, -0.1) is 0 Å². The first-order valence-corrected chi connectivity index (χ1v) is 9.24. The summed E-state index contributed by atoms with van der Waals surface area (Å²) in [6, 6.07) is 13.6. The van der Waals surface area contributed by atoms with Gasteiger partial charge < -0.3 is 19.0 Å². The SMILES string of the molecule is COc1cc2[nH]c(N3CCCc4ccccc43)cc(=O)c2cc1-c1cnco1. The third kappa shape index (κ3) is 2.65. The van der Waals surface area contributed by atoms with Crippen LogP contribution in [0.3, 0.4) is 0 Å². The molecule has 1 N–H and O–H groups in total. The topological polar surface area (TPSA) is 71.4 Å². The van der Waals surface area contributed by atoms with Crippen LogP contribution in [0.5, 0.6) is 5.75 Å². The molecule has 1 aliphatic rings. The van der Waals surface area contributed by atoms with E-state index < -0.39 is 0 Å². The summed E-state index contributed by atoms with van der Waals surface area (Å²) >= 11 is 0. The molecule has 2 aromatic carbocycles. The standard InChI is InChI=1S/C22H19N3O3/c1-27-20-10-17-15(9-16(20)21-12-23-13-28-21)19(26)11-22(24-17)25-8-4-6-14-5-2-3-7-18(14)25/h2-3,5,7,9-13H,4,6,8H2,1H3,(H,24,26). The van der Waals surface area contributed by atoms with E-state index in [1.807, 2.05) is 12.1 Å². The van der Waals surface area contributed by atoms with Crippen molar-refractivity contribution in [3.8, 4) is 17.1 Å². The number of hydrogen-bond donors (Lipinski definition) is 1. The van der Waals surface area contributed by atoms with E-state index in [-0.39, 0.29) is 5.43 Å². The maximum Gasteiger partial charge on any atom is 0.191 e. The Balaban J connectivity index is 1.68. The van der Waals surface area contributed by atoms with Gasteiger partial charge in [-0.25, -0.2) is 4.98 Å². The van der Waals surface area contributed by atoms with Crippen molar-refractivity contribution in [2.24, 2.45) is 0 Å². The van der Waals surface area contributed by atoms with E-state index in [0.29, 0.717) is 22.5 Å². The average molecular weight is 373 g/mol. The summed E-state index contributed by atoms with van der Waals surface area (Å²) in [4.78, 5) is 22.5. The molecular formula is C22H19N3O3. The van der Waals surface area contributed by atoms with Gasteiger partial charge in [0, 0.05) is 29.8 Å². The minimum absolute atomic E-state index is 0.0461. The van der Waals surface area contributed by atoms with E-state index in [4.69, 9.17) is 9.15 Å². The fraction of sp³-hybridized carbons (Fsp3) is 0.182. The second kappa shape index (κ2) is 6.56. The zero-order valence-electron chi connectivity index (χ0n) is 15.4. The molecule has 5 rings (SSSR count). The molecule has 6 nitrogen and oxygen atoms in total. The predicted octanol–water partition coefficient (Wildman–Crippen LogP) is 4.28. The van der Waals surface area contributed by atoms with Gasteiger partial charge >= 0.3 is 0 Å². The van der Waals surface area contributed by atoms with E-state index >= 15 is 0 Å². The van der Waals surface area contributed by atoms with Crippen molar-refractivity contribution >= 4 is 22.4 Å². The van der Waals surface area contributed by atoms with Gasteiger partial charge in [0.1, 0.15) is 11.6 Å². The van der Waals surface area contributed by atoms with Crippen LogP contribution in [0.25, 0.3) is 22.2 Å². The van der Waals surface area contributed by atoms with Gasteiger partial charge in [0.05, 0.1) is 24.4 Å². The molecule has 0 unspecified atom stereocenters. The van der Waals surface area contributed by atoms with Crippen LogP contribution < -0.4 is 15.1 Å². The fourth-order valence-electron chi connectivity index (χ4n) is 3.90. The molecule has 0 amide bonds. The molecule has 140 valence electrons. The number of ether oxygens (including phenoxy) is 1. The smallest absolute Gasteiger partial charge is 0.191 e. The van der Waals surface area contributed by atoms with E-state index in [9.17, 15) is 4.79 Å². The highest BCUT2D eigenvalue weighted by molar-refractivity contribution is 5.88. The Labute approximate surface area is 161 Å². The first-order valence-electron chi connectivity index (χ1n) is 9.24. The zero-order valence-corrected chi connectivity index (χ0v) is 15.4. The molecule has 3 heterocycles. The number of H-pyrrole nitrogens is 1. The molecule has 0 atom stereocenters. The Morgan fingerprint density at radius 2 is 2.11 bits per heavy atom. The van der Waals surface area contributed by atoms with Crippen LogP contribution in [0.2, 0.25) is 0 Å². The molecule has 0 aliphatic carbocycles. The summed E-state index contributed by atoms with van der Waals surface area (Å²) in [5.74, 6) is 1.97. The third-order valence-electron chi connectivity index (χ3n) is 5.23. The molecule has 28 heavy (non-hydrogen) atoms. The highest BCUT2D eigenvalue weighted by Gasteiger charge is 2.20. The first-order chi connectivity index (χ1) is 13.7. The molecule has 0 spiro atoms. The van der Waals surface area contributed by atoms with Crippen LogP contribution in [-0.4, -0.2) is 23.6 Å². The zero-order chi connectivity index (χ0) is 19.1. The number of oxazole rings is 1. The molecule has 4 aromatic rings. The number of methoxy groups -OCH3 is 1. The highest BCUT2D eigenvalue weighted by Crippen LogP contribution is 2.35. The molecule has 2 aromatic heterocycles. The van der Waals surface area contributed by atoms with Gasteiger partial charge in [0.25, 0.3) is 0 Å². The van der Waals surface area contributed by atoms with Crippen molar-refractivity contribution in [3.63, 3.8) is 0 Å². The Kier molecular flexibility index (Phi) is 3.90. The number of rotatable bonds is 3. The lowest BCUT2D eigenvalue weighted by molar-refractivity contribution is 0.415. The fourth-order valence-corrected chi connectivity index (χ4v) is 3.90. The van der Waals surface area contributed by atoms with Gasteiger partial charge in [-0.1, -0.05) is 18.2 Å². The number of hydrogen-bond acceptors (Lipinski definition) is 5. The van der Waals surface area contributed by atoms with Crippen molar-refractivity contribution in [3.05, 3.63) is 70.8 Å². The second-order valence-electron chi connectivity index (χ2n) is 6.87. The van der Waals surface area contributed by atoms with Crippen LogP contribution in [0.4, 0.5) is 11.5 Å². The van der Waals surface area contributed by atoms with Gasteiger partial charge in [-0.05, 0) is 30.5 Å². The highest BCUT2D eigenvalue weighted by atomic mass is 16.5. The minimum atomic E-state index is -0.0461. The number of aromatic amines is 1. The number of anilines is 2. The maximum absolute atomic E-state index is 12.9. The summed E-state index contributed by atoms with van der Waals surface area (Å²) in [5, 5.41) is 0.584. The Bertz CT molecular complexity index is 1210. The number of fused-ring (bicyclic) bond motifs is 2. The Morgan fingerprint density at radius 1 is 1.21 bits per heavy atom. The quantitative estimate of drug-likeness (QED) is 0.580. The average Bonchev–Trinajstić information content (AvgIpc) is 3.27. The molecule has 0 fully saturated rings. The molecular weight excluding hydrogens is 354 g/mol. The summed E-state index contributed by atoms with van der Waals surface area (Å²) < 4.78 is 10.9. The predicted molar refractivity (Wildman–Crippen MR) is 108 cm³/mol. The molecule has 6 heteroatoms. The number of aryl methyl sites for hydroxylation is 1. The van der Waals surface area contributed by atoms with Gasteiger partial charge in [-0.2, -0.15) is 0 Å². The van der Waals surface area contributed by atoms with Crippen LogP contribution in [0.1, 0.15) is 12.0 Å². The van der Waals surface area contributed by atoms with Crippen molar-refractivity contribution < 1.29 is 9.15 Å². The van der Waals surface area contributed by atoms with E-state index in [1.165, 1.54) is 12.0 Å². The molecule has 0 saturated heterocycles. The minimum Gasteiger partial charge on any atom is -0.496 e. The number of para-hydroxylation sites is 1. The van der Waals surface area contributed by atoms with Crippen molar-refractivity contribution in [1.82, 2.24) is 9.97 Å². The van der Waals surface area contributed by atoms with Crippen molar-refractivity contribution in [1.29, 1.82) is 0 Å². The van der Waals surface area contributed by atoms with E-state index in [1.54, 1.807) is 25.4 Å². The number of nitrogens with zero attached hydrogens (tertiary/aromatic N) is 2. The number of aromatic nitrogens is 2. The number of benzene rings is 2. The third-order valence-corrected chi connectivity index (χ3v) is 5.23. The largest absolute Gasteiger partial charge is 0.496 e. The Morgan fingerprint density at radius 3 is 2.93 bits per heavy atom. The summed E-state index contributed by atoms with van der Waals surface area (Å²) in [6.07, 6.45) is 5.07. The maximum atomic E-state index is 12.9. The van der Waals surface area contributed by atoms with Crippen molar-refractivity contribution in [2.75, 3.05) is 18.6 Å².